The van der Waals surface area contributed by atoms with Crippen molar-refractivity contribution in [1.82, 2.24) is 0 Å². The number of carbonyl (C=O) groups excluding carboxylic acids is 2. The van der Waals surface area contributed by atoms with Crippen LogP contribution in [0.1, 0.15) is 53.9 Å². The van der Waals surface area contributed by atoms with Crippen molar-refractivity contribution in [3.63, 3.8) is 0 Å². The van der Waals surface area contributed by atoms with E-state index in [1.165, 1.54) is 11.3 Å². The molecule has 31 heavy (non-hydrogen) atoms. The first-order chi connectivity index (χ1) is 14.8. The highest BCUT2D eigenvalue weighted by Crippen LogP contribution is 2.41. The number of anilines is 2. The number of amides is 2. The lowest BCUT2D eigenvalue weighted by molar-refractivity contribution is -0.146. The molecule has 2 aromatic rings. The number of thiophene rings is 1. The number of hydrogen-bond donors (Lipinski definition) is 3. The zero-order valence-electron chi connectivity index (χ0n) is 17.7. The third kappa shape index (κ3) is 4.28. The monoisotopic (exact) mass is 438 g/mol. The van der Waals surface area contributed by atoms with Gasteiger partial charge in [0, 0.05) is 10.6 Å². The molecule has 4 rings (SSSR count). The van der Waals surface area contributed by atoms with Crippen LogP contribution in [-0.4, -0.2) is 22.9 Å². The summed E-state index contributed by atoms with van der Waals surface area (Å²) in [5, 5.41) is 16.0. The number of aliphatic carboxylic acids is 1. The molecule has 0 aliphatic heterocycles. The van der Waals surface area contributed by atoms with Gasteiger partial charge in [-0.3, -0.25) is 14.4 Å². The van der Waals surface area contributed by atoms with E-state index in [4.69, 9.17) is 0 Å². The zero-order valence-corrected chi connectivity index (χ0v) is 18.5. The number of carbonyl (C=O) groups is 3. The molecule has 6 nitrogen and oxygen atoms in total. The van der Waals surface area contributed by atoms with Crippen LogP contribution in [-0.2, 0) is 22.4 Å². The molecule has 2 aliphatic carbocycles. The first kappa shape index (κ1) is 21.3. The van der Waals surface area contributed by atoms with Gasteiger partial charge in [-0.05, 0) is 63.6 Å². The van der Waals surface area contributed by atoms with Gasteiger partial charge in [0.15, 0.2) is 0 Å². The topological polar surface area (TPSA) is 95.5 Å². The number of aryl methyl sites for hydroxylation is 1. The highest BCUT2D eigenvalue weighted by Gasteiger charge is 2.38. The van der Waals surface area contributed by atoms with Crippen LogP contribution in [0.5, 0.6) is 0 Å². The van der Waals surface area contributed by atoms with Crippen LogP contribution in [0.2, 0.25) is 0 Å². The van der Waals surface area contributed by atoms with E-state index in [1.807, 2.05) is 44.2 Å². The first-order valence-electron chi connectivity index (χ1n) is 10.5. The molecule has 0 fully saturated rings. The second kappa shape index (κ2) is 8.67. The summed E-state index contributed by atoms with van der Waals surface area (Å²) in [6, 6.07) is 9.22. The molecule has 1 aromatic carbocycles. The second-order valence-corrected chi connectivity index (χ2v) is 9.50. The molecule has 0 bridgehead atoms. The van der Waals surface area contributed by atoms with Gasteiger partial charge in [-0.1, -0.05) is 29.3 Å². The summed E-state index contributed by atoms with van der Waals surface area (Å²) >= 11 is 1.44. The van der Waals surface area contributed by atoms with Crippen molar-refractivity contribution in [2.75, 3.05) is 10.6 Å². The Bertz CT molecular complexity index is 1070. The molecular formula is C24H26N2O4S. The summed E-state index contributed by atoms with van der Waals surface area (Å²) in [6.45, 7) is 3.88. The molecule has 162 valence electrons. The number of benzene rings is 1. The fraction of sp³-hybridized carbons (Fsp3) is 0.375. The zero-order chi connectivity index (χ0) is 22.1. The van der Waals surface area contributed by atoms with Gasteiger partial charge >= 0.3 is 5.97 Å². The van der Waals surface area contributed by atoms with Crippen LogP contribution in [0.25, 0.3) is 0 Å². The maximum Gasteiger partial charge on any atom is 0.307 e. The van der Waals surface area contributed by atoms with Crippen LogP contribution in [0, 0.1) is 11.8 Å². The Labute approximate surface area is 185 Å². The van der Waals surface area contributed by atoms with Crippen molar-refractivity contribution in [2.24, 2.45) is 11.8 Å². The van der Waals surface area contributed by atoms with E-state index in [9.17, 15) is 19.5 Å². The Balaban J connectivity index is 1.61. The maximum absolute atomic E-state index is 13.2. The standard InChI is InChI=1S/C24H26N2O4S/c1-13-11-17(18(24(29)30)12-14(13)2)21(27)26-23-20(16-9-6-10-19(16)31-23)22(28)25-15-7-4-3-5-8-15/h3-5,7-8,17-18H,6,9-12H2,1-2H3,(H,25,28)(H,26,27)(H,29,30)/t17-,18+/m1/s1. The smallest absolute Gasteiger partial charge is 0.307 e. The highest BCUT2D eigenvalue weighted by atomic mass is 32.1. The molecule has 1 heterocycles. The summed E-state index contributed by atoms with van der Waals surface area (Å²) < 4.78 is 0. The molecule has 3 N–H and O–H groups in total. The molecule has 0 saturated carbocycles. The fourth-order valence-electron chi connectivity index (χ4n) is 4.48. The van der Waals surface area contributed by atoms with Crippen LogP contribution in [0.3, 0.4) is 0 Å². The summed E-state index contributed by atoms with van der Waals surface area (Å²) in [5.41, 5.74) is 4.31. The van der Waals surface area contributed by atoms with Crippen molar-refractivity contribution >= 4 is 39.8 Å². The van der Waals surface area contributed by atoms with E-state index in [2.05, 4.69) is 10.6 Å². The van der Waals surface area contributed by atoms with Crippen molar-refractivity contribution in [1.29, 1.82) is 0 Å². The van der Waals surface area contributed by atoms with Crippen LogP contribution < -0.4 is 10.6 Å². The Hall–Kier alpha value is -2.93. The summed E-state index contributed by atoms with van der Waals surface area (Å²) in [4.78, 5) is 39.2. The van der Waals surface area contributed by atoms with Gasteiger partial charge in [-0.25, -0.2) is 0 Å². The minimum Gasteiger partial charge on any atom is -0.481 e. The number of fused-ring (bicyclic) bond motifs is 1. The molecule has 2 aliphatic rings. The van der Waals surface area contributed by atoms with Crippen molar-refractivity contribution < 1.29 is 19.5 Å². The molecule has 1 aromatic heterocycles. The molecule has 7 heteroatoms. The number of nitrogens with one attached hydrogen (secondary N) is 2. The first-order valence-corrected chi connectivity index (χ1v) is 11.4. The predicted molar refractivity (Wildman–Crippen MR) is 122 cm³/mol. The van der Waals surface area contributed by atoms with Gasteiger partial charge in [0.05, 0.1) is 17.4 Å². The van der Waals surface area contributed by atoms with Gasteiger partial charge < -0.3 is 15.7 Å². The van der Waals surface area contributed by atoms with Gasteiger partial charge in [0.1, 0.15) is 5.00 Å². The fourth-order valence-corrected chi connectivity index (χ4v) is 5.77. The molecule has 0 unspecified atom stereocenters. The third-order valence-electron chi connectivity index (χ3n) is 6.34. The predicted octanol–water partition coefficient (Wildman–Crippen LogP) is 4.87. The molecular weight excluding hydrogens is 412 g/mol. The number of hydrogen-bond acceptors (Lipinski definition) is 4. The lowest BCUT2D eigenvalue weighted by Gasteiger charge is -2.29. The summed E-state index contributed by atoms with van der Waals surface area (Å²) in [7, 11) is 0. The van der Waals surface area contributed by atoms with E-state index < -0.39 is 17.8 Å². The van der Waals surface area contributed by atoms with Gasteiger partial charge in [-0.15, -0.1) is 11.3 Å². The summed E-state index contributed by atoms with van der Waals surface area (Å²) in [6.07, 6.45) is 3.49. The molecule has 0 radical (unpaired) electrons. The Morgan fingerprint density at radius 1 is 0.968 bits per heavy atom. The van der Waals surface area contributed by atoms with Crippen molar-refractivity contribution in [3.8, 4) is 0 Å². The van der Waals surface area contributed by atoms with Crippen LogP contribution >= 0.6 is 11.3 Å². The van der Waals surface area contributed by atoms with Crippen molar-refractivity contribution in [2.45, 2.75) is 46.0 Å². The normalized spacial score (nSPS) is 20.3. The van der Waals surface area contributed by atoms with Gasteiger partial charge in [-0.2, -0.15) is 0 Å². The maximum atomic E-state index is 13.2. The van der Waals surface area contributed by atoms with Crippen LogP contribution in [0.15, 0.2) is 41.5 Å². The molecule has 0 spiro atoms. The average Bonchev–Trinajstić information content (AvgIpc) is 3.30. The van der Waals surface area contributed by atoms with Crippen LogP contribution in [0.4, 0.5) is 10.7 Å². The lowest BCUT2D eigenvalue weighted by atomic mass is 9.76. The minimum absolute atomic E-state index is 0.244. The van der Waals surface area contributed by atoms with E-state index in [-0.39, 0.29) is 11.8 Å². The minimum atomic E-state index is -0.956. The van der Waals surface area contributed by atoms with E-state index in [0.29, 0.717) is 29.1 Å². The second-order valence-electron chi connectivity index (χ2n) is 8.39. The lowest BCUT2D eigenvalue weighted by Crippen LogP contribution is -2.36. The van der Waals surface area contributed by atoms with Gasteiger partial charge in [0.2, 0.25) is 5.91 Å². The molecule has 0 saturated heterocycles. The highest BCUT2D eigenvalue weighted by molar-refractivity contribution is 7.17. The quantitative estimate of drug-likeness (QED) is 0.580. The number of carboxylic acids is 1. The number of carboxylic acid groups (broad SMARTS) is 1. The third-order valence-corrected chi connectivity index (χ3v) is 7.54. The molecule has 2 atom stereocenters. The largest absolute Gasteiger partial charge is 0.481 e. The van der Waals surface area contributed by atoms with Crippen molar-refractivity contribution in [3.05, 3.63) is 57.5 Å². The SMILES string of the molecule is CC1=C(C)C[C@@H](C(=O)Nc2sc3c(c2C(=O)Nc2ccccc2)CCC3)[C@@H](C(=O)O)C1. The molecule has 2 amide bonds. The Morgan fingerprint density at radius 2 is 1.65 bits per heavy atom. The summed E-state index contributed by atoms with van der Waals surface area (Å²) in [5.74, 6) is -2.93. The Morgan fingerprint density at radius 3 is 2.32 bits per heavy atom. The van der Waals surface area contributed by atoms with Gasteiger partial charge in [0.25, 0.3) is 5.91 Å². The van der Waals surface area contributed by atoms with E-state index in [1.54, 1.807) is 0 Å². The Kier molecular flexibility index (Phi) is 5.96. The number of allylic oxidation sites excluding steroid dienone is 2. The van der Waals surface area contributed by atoms with E-state index in [0.717, 1.165) is 40.8 Å². The number of para-hydroxylation sites is 1. The average molecular weight is 439 g/mol. The number of rotatable bonds is 5. The van der Waals surface area contributed by atoms with E-state index >= 15 is 0 Å².